The largest absolute Gasteiger partial charge is 0.499 e. The van der Waals surface area contributed by atoms with Crippen LogP contribution in [0.3, 0.4) is 0 Å². The fourth-order valence-corrected chi connectivity index (χ4v) is 3.80. The van der Waals surface area contributed by atoms with Crippen LogP contribution >= 0.6 is 11.3 Å². The molecule has 0 radical (unpaired) electrons. The van der Waals surface area contributed by atoms with Crippen molar-refractivity contribution in [1.82, 2.24) is 0 Å². The first-order chi connectivity index (χ1) is 6.29. The topological polar surface area (TPSA) is 40.5 Å². The van der Waals surface area contributed by atoms with Gasteiger partial charge in [-0.3, -0.25) is 0 Å². The van der Waals surface area contributed by atoms with E-state index in [1.54, 1.807) is 0 Å². The van der Waals surface area contributed by atoms with Crippen molar-refractivity contribution in [3.63, 3.8) is 0 Å². The molecule has 1 saturated carbocycles. The van der Waals surface area contributed by atoms with Gasteiger partial charge in [-0.05, 0) is 24.7 Å². The highest BCUT2D eigenvalue weighted by Gasteiger charge is 2.44. The monoisotopic (exact) mass is 196 g/mol. The Morgan fingerprint density at radius 3 is 1.85 bits per heavy atom. The highest BCUT2D eigenvalue weighted by Crippen LogP contribution is 2.63. The molecule has 2 nitrogen and oxygen atoms in total. The fraction of sp³-hybridized carbons (Fsp3) is 0.600. The molecule has 0 amide bonds. The zero-order valence-electron chi connectivity index (χ0n) is 7.29. The zero-order chi connectivity index (χ0) is 9.00. The van der Waals surface area contributed by atoms with Gasteiger partial charge in [0.05, 0.1) is 0 Å². The van der Waals surface area contributed by atoms with Gasteiger partial charge in [0.15, 0.2) is 10.1 Å². The summed E-state index contributed by atoms with van der Waals surface area (Å²) in [5.41, 5.74) is 2.12. The van der Waals surface area contributed by atoms with Gasteiger partial charge in [-0.2, -0.15) is 0 Å². The van der Waals surface area contributed by atoms with Crippen molar-refractivity contribution in [2.75, 3.05) is 0 Å². The van der Waals surface area contributed by atoms with Crippen LogP contribution in [0.1, 0.15) is 48.6 Å². The minimum atomic E-state index is 0.357. The lowest BCUT2D eigenvalue weighted by molar-refractivity contribution is 0.321. The molecular formula is C10H12O2S. The quantitative estimate of drug-likeness (QED) is 0.669. The van der Waals surface area contributed by atoms with E-state index in [4.69, 9.17) is 0 Å². The molecule has 0 aromatic carbocycles. The standard InChI is InChI=1S/C10H12O2S/c11-9-7-5-3-1-2-4-6(5)8(7)10(12)13-9/h5-6,11-12H,1-4H2. The summed E-state index contributed by atoms with van der Waals surface area (Å²) in [6.45, 7) is 0. The third kappa shape index (κ3) is 0.831. The van der Waals surface area contributed by atoms with Crippen molar-refractivity contribution in [2.45, 2.75) is 37.5 Å². The maximum atomic E-state index is 9.57. The fourth-order valence-electron chi connectivity index (χ4n) is 2.87. The summed E-state index contributed by atoms with van der Waals surface area (Å²) >= 11 is 1.14. The Morgan fingerprint density at radius 1 is 0.923 bits per heavy atom. The maximum absolute atomic E-state index is 9.57. The molecule has 2 N–H and O–H groups in total. The first kappa shape index (κ1) is 7.68. The normalized spacial score (nSPS) is 30.5. The summed E-state index contributed by atoms with van der Waals surface area (Å²) in [6.07, 6.45) is 4.94. The number of aromatic hydroxyl groups is 2. The number of hydrogen-bond acceptors (Lipinski definition) is 3. The van der Waals surface area contributed by atoms with Crippen molar-refractivity contribution in [3.05, 3.63) is 11.1 Å². The van der Waals surface area contributed by atoms with E-state index >= 15 is 0 Å². The SMILES string of the molecule is Oc1sc(O)c2c1C1CCCCC21. The van der Waals surface area contributed by atoms with Crippen LogP contribution in [0.25, 0.3) is 0 Å². The Kier molecular flexibility index (Phi) is 1.42. The van der Waals surface area contributed by atoms with Crippen LogP contribution in [0, 0.1) is 0 Å². The third-order valence-corrected chi connectivity index (χ3v) is 4.28. The molecule has 70 valence electrons. The summed E-state index contributed by atoms with van der Waals surface area (Å²) in [6, 6.07) is 0. The number of fused-ring (bicyclic) bond motifs is 4. The van der Waals surface area contributed by atoms with Gasteiger partial charge >= 0.3 is 0 Å². The zero-order valence-corrected chi connectivity index (χ0v) is 8.10. The minimum absolute atomic E-state index is 0.357. The van der Waals surface area contributed by atoms with Crippen molar-refractivity contribution < 1.29 is 10.2 Å². The summed E-state index contributed by atoms with van der Waals surface area (Å²) in [5, 5.41) is 19.9. The minimum Gasteiger partial charge on any atom is -0.499 e. The average molecular weight is 196 g/mol. The summed E-state index contributed by atoms with van der Waals surface area (Å²) in [7, 11) is 0. The average Bonchev–Trinajstić information content (AvgIpc) is 2.30. The molecule has 13 heavy (non-hydrogen) atoms. The van der Waals surface area contributed by atoms with Gasteiger partial charge in [-0.1, -0.05) is 24.2 Å². The third-order valence-electron chi connectivity index (χ3n) is 3.45. The molecule has 1 aromatic heterocycles. The van der Waals surface area contributed by atoms with Crippen LogP contribution in [0.4, 0.5) is 0 Å². The predicted molar refractivity (Wildman–Crippen MR) is 51.6 cm³/mol. The Bertz CT molecular complexity index is 324. The van der Waals surface area contributed by atoms with E-state index in [0.717, 1.165) is 22.5 Å². The van der Waals surface area contributed by atoms with Crippen LogP contribution in [-0.4, -0.2) is 10.2 Å². The van der Waals surface area contributed by atoms with Crippen LogP contribution in [0.5, 0.6) is 10.1 Å². The smallest absolute Gasteiger partial charge is 0.178 e. The summed E-state index contributed by atoms with van der Waals surface area (Å²) in [4.78, 5) is 0. The van der Waals surface area contributed by atoms with Crippen LogP contribution in [0.15, 0.2) is 0 Å². The molecule has 0 saturated heterocycles. The molecule has 0 aliphatic heterocycles. The lowest BCUT2D eigenvalue weighted by Gasteiger charge is -2.40. The second-order valence-electron chi connectivity index (χ2n) is 4.04. The van der Waals surface area contributed by atoms with Crippen molar-refractivity contribution in [1.29, 1.82) is 0 Å². The van der Waals surface area contributed by atoms with Crippen molar-refractivity contribution >= 4 is 11.3 Å². The van der Waals surface area contributed by atoms with Gasteiger partial charge in [0, 0.05) is 11.1 Å². The van der Waals surface area contributed by atoms with E-state index in [1.165, 1.54) is 25.7 Å². The van der Waals surface area contributed by atoms with E-state index in [0.29, 0.717) is 22.0 Å². The van der Waals surface area contributed by atoms with E-state index in [1.807, 2.05) is 0 Å². The molecule has 2 unspecified atom stereocenters. The van der Waals surface area contributed by atoms with Crippen molar-refractivity contribution in [3.8, 4) is 10.1 Å². The van der Waals surface area contributed by atoms with Crippen LogP contribution < -0.4 is 0 Å². The highest BCUT2D eigenvalue weighted by atomic mass is 32.1. The van der Waals surface area contributed by atoms with Crippen molar-refractivity contribution in [2.24, 2.45) is 0 Å². The number of hydrogen-bond donors (Lipinski definition) is 2. The molecule has 3 heteroatoms. The Morgan fingerprint density at radius 2 is 1.38 bits per heavy atom. The lowest BCUT2D eigenvalue weighted by Crippen LogP contribution is -2.25. The number of thiophene rings is 1. The molecule has 2 atom stereocenters. The van der Waals surface area contributed by atoms with Gasteiger partial charge in [0.1, 0.15) is 0 Å². The van der Waals surface area contributed by atoms with Gasteiger partial charge < -0.3 is 10.2 Å². The molecule has 0 bridgehead atoms. The van der Waals surface area contributed by atoms with E-state index in [2.05, 4.69) is 0 Å². The second-order valence-corrected chi connectivity index (χ2v) is 5.01. The summed E-state index contributed by atoms with van der Waals surface area (Å²) in [5.74, 6) is 1.11. The maximum Gasteiger partial charge on any atom is 0.178 e. The van der Waals surface area contributed by atoms with Crippen LogP contribution in [0.2, 0.25) is 0 Å². The highest BCUT2D eigenvalue weighted by molar-refractivity contribution is 7.16. The second kappa shape index (κ2) is 2.41. The van der Waals surface area contributed by atoms with E-state index in [-0.39, 0.29) is 0 Å². The van der Waals surface area contributed by atoms with Gasteiger partial charge in [-0.25, -0.2) is 0 Å². The molecule has 2 aliphatic rings. The molecule has 1 heterocycles. The molecule has 3 rings (SSSR count). The first-order valence-electron chi connectivity index (χ1n) is 4.83. The predicted octanol–water partition coefficient (Wildman–Crippen LogP) is 2.91. The lowest BCUT2D eigenvalue weighted by atomic mass is 9.63. The molecular weight excluding hydrogens is 184 g/mol. The van der Waals surface area contributed by atoms with E-state index in [9.17, 15) is 10.2 Å². The van der Waals surface area contributed by atoms with Gasteiger partial charge in [-0.15, -0.1) is 0 Å². The van der Waals surface area contributed by atoms with Gasteiger partial charge in [0.25, 0.3) is 0 Å². The summed E-state index contributed by atoms with van der Waals surface area (Å²) < 4.78 is 0. The Hall–Kier alpha value is -0.700. The first-order valence-corrected chi connectivity index (χ1v) is 5.65. The molecule has 1 fully saturated rings. The van der Waals surface area contributed by atoms with E-state index < -0.39 is 0 Å². The van der Waals surface area contributed by atoms with Crippen LogP contribution in [-0.2, 0) is 0 Å². The Labute approximate surface area is 80.8 Å². The molecule has 0 spiro atoms. The number of rotatable bonds is 0. The molecule has 2 aliphatic carbocycles. The van der Waals surface area contributed by atoms with Gasteiger partial charge in [0.2, 0.25) is 0 Å². The molecule has 1 aromatic rings. The Balaban J connectivity index is 2.10.